The normalized spacial score (nSPS) is 16.9. The van der Waals surface area contributed by atoms with E-state index in [0.717, 1.165) is 19.0 Å². The van der Waals surface area contributed by atoms with Gasteiger partial charge in [-0.2, -0.15) is 0 Å². The summed E-state index contributed by atoms with van der Waals surface area (Å²) in [5.41, 5.74) is 8.50. The molecule has 1 aliphatic carbocycles. The molecule has 18 heavy (non-hydrogen) atoms. The van der Waals surface area contributed by atoms with Crippen molar-refractivity contribution in [1.82, 2.24) is 4.90 Å². The standard InChI is InChI=1S/C15H25N3/c1-17(2)14-8-4-12(5-9-14)11-18(3)15(10-16)13-6-7-13/h4-5,8-9,13,15H,6-7,10-11,16H2,1-3H3. The van der Waals surface area contributed by atoms with Gasteiger partial charge in [-0.05, 0) is 43.5 Å². The lowest BCUT2D eigenvalue weighted by atomic mass is 10.1. The van der Waals surface area contributed by atoms with Crippen LogP contribution in [-0.4, -0.2) is 38.6 Å². The highest BCUT2D eigenvalue weighted by atomic mass is 15.1. The Morgan fingerprint density at radius 3 is 2.22 bits per heavy atom. The average molecular weight is 247 g/mol. The summed E-state index contributed by atoms with van der Waals surface area (Å²) in [7, 11) is 6.33. The molecular weight excluding hydrogens is 222 g/mol. The second kappa shape index (κ2) is 5.72. The number of likely N-dealkylation sites (N-methyl/N-ethyl adjacent to an activating group) is 1. The van der Waals surface area contributed by atoms with E-state index in [1.807, 2.05) is 0 Å². The summed E-state index contributed by atoms with van der Waals surface area (Å²) in [6.07, 6.45) is 2.71. The lowest BCUT2D eigenvalue weighted by Gasteiger charge is -2.27. The van der Waals surface area contributed by atoms with Crippen LogP contribution in [0.1, 0.15) is 18.4 Å². The highest BCUT2D eigenvalue weighted by Gasteiger charge is 2.32. The fourth-order valence-corrected chi connectivity index (χ4v) is 2.52. The molecule has 0 bridgehead atoms. The van der Waals surface area contributed by atoms with Crippen molar-refractivity contribution in [2.75, 3.05) is 32.6 Å². The molecule has 0 amide bonds. The average Bonchev–Trinajstić information content (AvgIpc) is 3.15. The maximum Gasteiger partial charge on any atom is 0.0361 e. The molecule has 3 nitrogen and oxygen atoms in total. The summed E-state index contributed by atoms with van der Waals surface area (Å²) in [5.74, 6) is 0.834. The van der Waals surface area contributed by atoms with Gasteiger partial charge in [0.1, 0.15) is 0 Å². The van der Waals surface area contributed by atoms with Crippen molar-refractivity contribution in [3.63, 3.8) is 0 Å². The highest BCUT2D eigenvalue weighted by Crippen LogP contribution is 2.34. The molecule has 1 aromatic carbocycles. The quantitative estimate of drug-likeness (QED) is 0.833. The van der Waals surface area contributed by atoms with Gasteiger partial charge < -0.3 is 10.6 Å². The SMILES string of the molecule is CN(C)c1ccc(CN(C)C(CN)C2CC2)cc1. The Morgan fingerprint density at radius 2 is 1.78 bits per heavy atom. The largest absolute Gasteiger partial charge is 0.378 e. The Hall–Kier alpha value is -1.06. The number of hydrogen-bond acceptors (Lipinski definition) is 3. The van der Waals surface area contributed by atoms with E-state index < -0.39 is 0 Å². The first-order chi connectivity index (χ1) is 8.61. The number of rotatable bonds is 6. The summed E-state index contributed by atoms with van der Waals surface area (Å²) >= 11 is 0. The molecular formula is C15H25N3. The van der Waals surface area contributed by atoms with E-state index in [9.17, 15) is 0 Å². The lowest BCUT2D eigenvalue weighted by Crippen LogP contribution is -2.39. The van der Waals surface area contributed by atoms with Crippen molar-refractivity contribution >= 4 is 5.69 Å². The second-order valence-electron chi connectivity index (χ2n) is 5.62. The summed E-state index contributed by atoms with van der Waals surface area (Å²) in [6.45, 7) is 1.77. The van der Waals surface area contributed by atoms with Gasteiger partial charge in [-0.25, -0.2) is 0 Å². The topological polar surface area (TPSA) is 32.5 Å². The van der Waals surface area contributed by atoms with Crippen LogP contribution in [0.4, 0.5) is 5.69 Å². The summed E-state index contributed by atoms with van der Waals surface area (Å²) < 4.78 is 0. The highest BCUT2D eigenvalue weighted by molar-refractivity contribution is 5.45. The molecule has 1 aliphatic rings. The molecule has 0 heterocycles. The van der Waals surface area contributed by atoms with Crippen LogP contribution in [-0.2, 0) is 6.54 Å². The van der Waals surface area contributed by atoms with Crippen LogP contribution < -0.4 is 10.6 Å². The zero-order chi connectivity index (χ0) is 13.1. The molecule has 2 N–H and O–H groups in total. The number of hydrogen-bond donors (Lipinski definition) is 1. The molecule has 0 aliphatic heterocycles. The minimum absolute atomic E-state index is 0.554. The predicted molar refractivity (Wildman–Crippen MR) is 77.8 cm³/mol. The monoisotopic (exact) mass is 247 g/mol. The summed E-state index contributed by atoms with van der Waals surface area (Å²) in [4.78, 5) is 4.53. The lowest BCUT2D eigenvalue weighted by molar-refractivity contribution is 0.215. The summed E-state index contributed by atoms with van der Waals surface area (Å²) in [6, 6.07) is 9.34. The van der Waals surface area contributed by atoms with E-state index in [2.05, 4.69) is 55.2 Å². The number of anilines is 1. The first-order valence-corrected chi connectivity index (χ1v) is 6.78. The third-order valence-electron chi connectivity index (χ3n) is 3.86. The minimum atomic E-state index is 0.554. The van der Waals surface area contributed by atoms with E-state index in [0.29, 0.717) is 6.04 Å². The van der Waals surface area contributed by atoms with Crippen molar-refractivity contribution in [2.45, 2.75) is 25.4 Å². The van der Waals surface area contributed by atoms with Crippen molar-refractivity contribution in [3.8, 4) is 0 Å². The van der Waals surface area contributed by atoms with Gasteiger partial charge in [0.25, 0.3) is 0 Å². The smallest absolute Gasteiger partial charge is 0.0361 e. The molecule has 1 aromatic rings. The molecule has 0 saturated heterocycles. The third-order valence-corrected chi connectivity index (χ3v) is 3.86. The van der Waals surface area contributed by atoms with E-state index >= 15 is 0 Å². The maximum absolute atomic E-state index is 5.88. The van der Waals surface area contributed by atoms with Gasteiger partial charge in [0.15, 0.2) is 0 Å². The molecule has 0 aromatic heterocycles. The molecule has 1 saturated carbocycles. The number of benzene rings is 1. The zero-order valence-electron chi connectivity index (χ0n) is 11.8. The predicted octanol–water partition coefficient (Wildman–Crippen LogP) is 1.92. The fraction of sp³-hybridized carbons (Fsp3) is 0.600. The van der Waals surface area contributed by atoms with Crippen molar-refractivity contribution in [2.24, 2.45) is 11.7 Å². The molecule has 1 unspecified atom stereocenters. The molecule has 1 atom stereocenters. The Labute approximate surface area is 111 Å². The van der Waals surface area contributed by atoms with Crippen LogP contribution in [0.2, 0.25) is 0 Å². The van der Waals surface area contributed by atoms with Crippen LogP contribution in [0, 0.1) is 5.92 Å². The van der Waals surface area contributed by atoms with Crippen molar-refractivity contribution < 1.29 is 0 Å². The van der Waals surface area contributed by atoms with E-state index in [-0.39, 0.29) is 0 Å². The Balaban J connectivity index is 1.95. The molecule has 1 fully saturated rings. The third kappa shape index (κ3) is 3.24. The Kier molecular flexibility index (Phi) is 4.25. The van der Waals surface area contributed by atoms with Gasteiger partial charge in [0, 0.05) is 38.9 Å². The molecule has 3 heteroatoms. The fourth-order valence-electron chi connectivity index (χ4n) is 2.52. The molecule has 0 radical (unpaired) electrons. The zero-order valence-corrected chi connectivity index (χ0v) is 11.8. The van der Waals surface area contributed by atoms with Crippen LogP contribution in [0.5, 0.6) is 0 Å². The van der Waals surface area contributed by atoms with Crippen molar-refractivity contribution in [3.05, 3.63) is 29.8 Å². The van der Waals surface area contributed by atoms with Gasteiger partial charge in [-0.3, -0.25) is 4.90 Å². The maximum atomic E-state index is 5.88. The number of nitrogens with two attached hydrogens (primary N) is 1. The van der Waals surface area contributed by atoms with Crippen LogP contribution >= 0.6 is 0 Å². The van der Waals surface area contributed by atoms with E-state index in [1.54, 1.807) is 0 Å². The van der Waals surface area contributed by atoms with Gasteiger partial charge in [0.05, 0.1) is 0 Å². The molecule has 2 rings (SSSR count). The van der Waals surface area contributed by atoms with E-state index in [4.69, 9.17) is 5.73 Å². The summed E-state index contributed by atoms with van der Waals surface area (Å²) in [5, 5.41) is 0. The van der Waals surface area contributed by atoms with Crippen LogP contribution in [0.25, 0.3) is 0 Å². The van der Waals surface area contributed by atoms with Gasteiger partial charge in [-0.15, -0.1) is 0 Å². The van der Waals surface area contributed by atoms with E-state index in [1.165, 1.54) is 24.1 Å². The Morgan fingerprint density at radius 1 is 1.17 bits per heavy atom. The second-order valence-corrected chi connectivity index (χ2v) is 5.62. The van der Waals surface area contributed by atoms with Gasteiger partial charge in [0.2, 0.25) is 0 Å². The van der Waals surface area contributed by atoms with Crippen molar-refractivity contribution in [1.29, 1.82) is 0 Å². The minimum Gasteiger partial charge on any atom is -0.378 e. The first kappa shape index (κ1) is 13.4. The van der Waals surface area contributed by atoms with Crippen LogP contribution in [0.3, 0.4) is 0 Å². The number of nitrogens with zero attached hydrogens (tertiary/aromatic N) is 2. The van der Waals surface area contributed by atoms with Gasteiger partial charge in [-0.1, -0.05) is 12.1 Å². The molecule has 0 spiro atoms. The molecule has 100 valence electrons. The van der Waals surface area contributed by atoms with Crippen LogP contribution in [0.15, 0.2) is 24.3 Å². The first-order valence-electron chi connectivity index (χ1n) is 6.78. The van der Waals surface area contributed by atoms with Gasteiger partial charge >= 0.3 is 0 Å². The Bertz CT molecular complexity index is 368.